The molecule has 0 radical (unpaired) electrons. The van der Waals surface area contributed by atoms with Gasteiger partial charge in [-0.1, -0.05) is 97.0 Å². The third-order valence-electron chi connectivity index (χ3n) is 8.77. The van der Waals surface area contributed by atoms with Crippen LogP contribution in [0.15, 0.2) is 23.8 Å². The van der Waals surface area contributed by atoms with E-state index in [9.17, 15) is 0 Å². The van der Waals surface area contributed by atoms with Crippen LogP contribution >= 0.6 is 0 Å². The van der Waals surface area contributed by atoms with Crippen molar-refractivity contribution in [1.29, 1.82) is 0 Å². The molecule has 0 N–H and O–H groups in total. The van der Waals surface area contributed by atoms with Gasteiger partial charge in [0.2, 0.25) is 0 Å². The molecule has 0 saturated heterocycles. The zero-order chi connectivity index (χ0) is 17.8. The van der Waals surface area contributed by atoms with Crippen molar-refractivity contribution in [2.24, 2.45) is 29.1 Å². The Labute approximate surface area is 157 Å². The van der Waals surface area contributed by atoms with Crippen LogP contribution in [0.5, 0.6) is 0 Å². The van der Waals surface area contributed by atoms with E-state index in [1.807, 2.05) is 0 Å². The number of rotatable bonds is 2. The molecule has 0 aromatic rings. The lowest BCUT2D eigenvalue weighted by Gasteiger charge is -2.44. The highest BCUT2D eigenvalue weighted by Crippen LogP contribution is 2.60. The summed E-state index contributed by atoms with van der Waals surface area (Å²) in [5, 5.41) is 0. The SMILES string of the molecule is CC(C)(C)C1=CC2CCC([Si](C)(C)C3CCC4CCCCC43)C2C=C1. The standard InChI is InChI=1S/C24H40Si/c1-24(2,3)19-12-13-21-18(16-19)11-15-23(21)25(4,5)22-14-10-17-8-6-7-9-20(17)22/h12-13,16-18,20-23H,6-11,14-15H2,1-5H3. The van der Waals surface area contributed by atoms with Crippen LogP contribution in [0, 0.1) is 29.1 Å². The van der Waals surface area contributed by atoms with Gasteiger partial charge in [0.25, 0.3) is 0 Å². The predicted molar refractivity (Wildman–Crippen MR) is 113 cm³/mol. The van der Waals surface area contributed by atoms with Crippen LogP contribution in [-0.2, 0) is 0 Å². The van der Waals surface area contributed by atoms with E-state index in [2.05, 4.69) is 52.1 Å². The first-order chi connectivity index (χ1) is 11.8. The molecular weight excluding hydrogens is 316 g/mol. The number of hydrogen-bond acceptors (Lipinski definition) is 0. The molecule has 4 aliphatic rings. The van der Waals surface area contributed by atoms with E-state index < -0.39 is 8.07 Å². The molecule has 0 amide bonds. The predicted octanol–water partition coefficient (Wildman–Crippen LogP) is 7.60. The van der Waals surface area contributed by atoms with E-state index in [1.165, 1.54) is 25.7 Å². The zero-order valence-electron chi connectivity index (χ0n) is 17.4. The fraction of sp³-hybridized carbons (Fsp3) is 0.833. The summed E-state index contributed by atoms with van der Waals surface area (Å²) in [4.78, 5) is 0. The van der Waals surface area contributed by atoms with Crippen LogP contribution in [0.2, 0.25) is 24.2 Å². The lowest BCUT2D eigenvalue weighted by Crippen LogP contribution is -2.43. The van der Waals surface area contributed by atoms with Crippen molar-refractivity contribution >= 4 is 8.07 Å². The van der Waals surface area contributed by atoms with Gasteiger partial charge in [-0.05, 0) is 52.2 Å². The first-order valence-corrected chi connectivity index (χ1v) is 14.3. The Morgan fingerprint density at radius 3 is 2.36 bits per heavy atom. The molecule has 1 heteroatoms. The van der Waals surface area contributed by atoms with E-state index in [-0.39, 0.29) is 0 Å². The normalized spacial score (nSPS) is 41.4. The van der Waals surface area contributed by atoms with Crippen molar-refractivity contribution in [3.63, 3.8) is 0 Å². The van der Waals surface area contributed by atoms with Gasteiger partial charge in [0.1, 0.15) is 0 Å². The molecule has 0 aromatic carbocycles. The Balaban J connectivity index is 1.53. The van der Waals surface area contributed by atoms with Crippen molar-refractivity contribution in [2.45, 2.75) is 96.3 Å². The van der Waals surface area contributed by atoms with Crippen molar-refractivity contribution in [3.05, 3.63) is 23.8 Å². The molecule has 6 unspecified atom stereocenters. The minimum Gasteiger partial charge on any atom is -0.0806 e. The van der Waals surface area contributed by atoms with Gasteiger partial charge < -0.3 is 0 Å². The molecule has 25 heavy (non-hydrogen) atoms. The Morgan fingerprint density at radius 2 is 1.60 bits per heavy atom. The Kier molecular flexibility index (Phi) is 4.62. The monoisotopic (exact) mass is 356 g/mol. The van der Waals surface area contributed by atoms with Crippen LogP contribution in [0.1, 0.15) is 72.1 Å². The Morgan fingerprint density at radius 1 is 0.880 bits per heavy atom. The lowest BCUT2D eigenvalue weighted by atomic mass is 9.78. The Bertz CT molecular complexity index is 561. The average Bonchev–Trinajstić information content (AvgIpc) is 3.18. The van der Waals surface area contributed by atoms with E-state index in [4.69, 9.17) is 0 Å². The van der Waals surface area contributed by atoms with Crippen molar-refractivity contribution < 1.29 is 0 Å². The fourth-order valence-corrected chi connectivity index (χ4v) is 12.6. The highest BCUT2D eigenvalue weighted by molar-refractivity contribution is 6.80. The Hall–Kier alpha value is -0.303. The number of hydrogen-bond donors (Lipinski definition) is 0. The van der Waals surface area contributed by atoms with E-state index in [1.54, 1.807) is 31.3 Å². The van der Waals surface area contributed by atoms with Crippen LogP contribution in [-0.4, -0.2) is 8.07 Å². The summed E-state index contributed by atoms with van der Waals surface area (Å²) < 4.78 is 0. The molecule has 0 aliphatic heterocycles. The summed E-state index contributed by atoms with van der Waals surface area (Å²) in [6, 6.07) is 0. The van der Waals surface area contributed by atoms with Gasteiger partial charge in [-0.2, -0.15) is 0 Å². The minimum absolute atomic E-state index is 0.313. The van der Waals surface area contributed by atoms with E-state index >= 15 is 0 Å². The third-order valence-corrected chi connectivity index (χ3v) is 14.0. The largest absolute Gasteiger partial charge is 0.0806 e. The molecule has 0 spiro atoms. The molecule has 140 valence electrons. The van der Waals surface area contributed by atoms with Gasteiger partial charge in [0.15, 0.2) is 0 Å². The summed E-state index contributed by atoms with van der Waals surface area (Å²) in [6.45, 7) is 12.7. The van der Waals surface area contributed by atoms with E-state index in [0.29, 0.717) is 5.41 Å². The smallest absolute Gasteiger partial charge is 0.0544 e. The van der Waals surface area contributed by atoms with Gasteiger partial charge in [-0.3, -0.25) is 0 Å². The maximum Gasteiger partial charge on any atom is 0.0544 e. The second-order valence-electron chi connectivity index (χ2n) is 11.4. The lowest BCUT2D eigenvalue weighted by molar-refractivity contribution is 0.273. The van der Waals surface area contributed by atoms with Crippen LogP contribution in [0.4, 0.5) is 0 Å². The average molecular weight is 357 g/mol. The third kappa shape index (κ3) is 3.13. The first-order valence-electron chi connectivity index (χ1n) is 11.2. The molecule has 0 bridgehead atoms. The van der Waals surface area contributed by atoms with Crippen molar-refractivity contribution in [3.8, 4) is 0 Å². The molecule has 4 rings (SSSR count). The summed E-state index contributed by atoms with van der Waals surface area (Å²) in [6.07, 6.45) is 20.1. The highest BCUT2D eigenvalue weighted by atomic mass is 28.3. The number of fused-ring (bicyclic) bond motifs is 2. The van der Waals surface area contributed by atoms with Crippen LogP contribution < -0.4 is 0 Å². The maximum atomic E-state index is 2.79. The maximum absolute atomic E-state index is 2.79. The zero-order valence-corrected chi connectivity index (χ0v) is 18.4. The van der Waals surface area contributed by atoms with Crippen molar-refractivity contribution in [2.75, 3.05) is 0 Å². The first kappa shape index (κ1) is 18.1. The topological polar surface area (TPSA) is 0 Å². The molecule has 3 fully saturated rings. The molecule has 0 nitrogen and oxygen atoms in total. The molecule has 0 heterocycles. The van der Waals surface area contributed by atoms with Gasteiger partial charge in [0.05, 0.1) is 8.07 Å². The fourth-order valence-electron chi connectivity index (χ4n) is 7.33. The second kappa shape index (κ2) is 6.39. The van der Waals surface area contributed by atoms with Crippen LogP contribution in [0.3, 0.4) is 0 Å². The minimum atomic E-state index is -1.20. The molecule has 3 saturated carbocycles. The van der Waals surface area contributed by atoms with Gasteiger partial charge in [-0.25, -0.2) is 0 Å². The quantitative estimate of drug-likeness (QED) is 0.447. The summed E-state index contributed by atoms with van der Waals surface area (Å²) >= 11 is 0. The van der Waals surface area contributed by atoms with Gasteiger partial charge in [0, 0.05) is 0 Å². The summed E-state index contributed by atoms with van der Waals surface area (Å²) in [7, 11) is -1.20. The second-order valence-corrected chi connectivity index (χ2v) is 16.5. The molecule has 4 aliphatic carbocycles. The number of allylic oxidation sites excluding steroid dienone is 4. The van der Waals surface area contributed by atoms with Gasteiger partial charge >= 0.3 is 0 Å². The van der Waals surface area contributed by atoms with Gasteiger partial charge in [-0.15, -0.1) is 0 Å². The van der Waals surface area contributed by atoms with E-state index in [0.717, 1.165) is 34.8 Å². The van der Waals surface area contributed by atoms with Crippen LogP contribution in [0.25, 0.3) is 0 Å². The van der Waals surface area contributed by atoms with Crippen molar-refractivity contribution in [1.82, 2.24) is 0 Å². The summed E-state index contributed by atoms with van der Waals surface area (Å²) in [5.74, 6) is 3.94. The highest BCUT2D eigenvalue weighted by Gasteiger charge is 2.52. The molecule has 0 aromatic heterocycles. The summed E-state index contributed by atoms with van der Waals surface area (Å²) in [5.41, 5.74) is 4.06. The molecular formula is C24H40Si. The molecule has 6 atom stereocenters.